The van der Waals surface area contributed by atoms with Gasteiger partial charge in [-0.2, -0.15) is 12.7 Å². The third-order valence-electron chi connectivity index (χ3n) is 2.94. The Morgan fingerprint density at radius 1 is 1.20 bits per heavy atom. The molecule has 0 saturated heterocycles. The second-order valence-corrected chi connectivity index (χ2v) is 7.95. The number of sulfonamides is 1. The maximum atomic E-state index is 12.1. The Bertz CT molecular complexity index is 696. The highest BCUT2D eigenvalue weighted by atomic mass is 32.2. The van der Waals surface area contributed by atoms with Crippen molar-refractivity contribution in [3.05, 3.63) is 23.8 Å². The van der Waals surface area contributed by atoms with Crippen LogP contribution in [-0.4, -0.2) is 34.2 Å². The lowest BCUT2D eigenvalue weighted by molar-refractivity contribution is 0.414. The van der Waals surface area contributed by atoms with Crippen molar-refractivity contribution in [2.75, 3.05) is 11.8 Å². The van der Waals surface area contributed by atoms with Gasteiger partial charge in [-0.25, -0.2) is 13.6 Å². The number of nitrogens with zero attached hydrogens (tertiary/aromatic N) is 1. The summed E-state index contributed by atoms with van der Waals surface area (Å²) in [7, 11) is -6.21. The van der Waals surface area contributed by atoms with Gasteiger partial charge in [0.25, 0.3) is 0 Å². The van der Waals surface area contributed by atoms with Crippen LogP contribution in [0.2, 0.25) is 0 Å². The topological polar surface area (TPSA) is 110 Å². The fourth-order valence-corrected chi connectivity index (χ4v) is 3.52. The number of primary sulfonamides is 1. The number of hydrogen-bond acceptors (Lipinski definition) is 4. The molecule has 20 heavy (non-hydrogen) atoms. The van der Waals surface area contributed by atoms with Gasteiger partial charge >= 0.3 is 10.2 Å². The third kappa shape index (κ3) is 3.69. The van der Waals surface area contributed by atoms with E-state index in [1.54, 1.807) is 13.8 Å². The molecule has 0 aliphatic rings. The second kappa shape index (κ2) is 5.68. The first-order valence-electron chi connectivity index (χ1n) is 5.85. The average molecular weight is 321 g/mol. The Kier molecular flexibility index (Phi) is 4.80. The minimum atomic E-state index is -3.90. The average Bonchev–Trinajstić information content (AvgIpc) is 2.28. The lowest BCUT2D eigenvalue weighted by atomic mass is 10.2. The Morgan fingerprint density at radius 3 is 2.20 bits per heavy atom. The smallest absolute Gasteiger partial charge is 0.271 e. The summed E-state index contributed by atoms with van der Waals surface area (Å²) in [6.07, 6.45) is 0. The van der Waals surface area contributed by atoms with Crippen LogP contribution in [0.4, 0.5) is 5.69 Å². The Hall–Kier alpha value is -1.16. The highest BCUT2D eigenvalue weighted by Gasteiger charge is 2.22. The van der Waals surface area contributed by atoms with Crippen molar-refractivity contribution in [2.45, 2.75) is 31.7 Å². The van der Waals surface area contributed by atoms with E-state index in [0.29, 0.717) is 0 Å². The van der Waals surface area contributed by atoms with E-state index in [2.05, 4.69) is 4.72 Å². The van der Waals surface area contributed by atoms with Crippen molar-refractivity contribution in [2.24, 2.45) is 5.14 Å². The van der Waals surface area contributed by atoms with Gasteiger partial charge in [-0.05, 0) is 38.5 Å². The van der Waals surface area contributed by atoms with E-state index >= 15 is 0 Å². The highest BCUT2D eigenvalue weighted by molar-refractivity contribution is 7.90. The van der Waals surface area contributed by atoms with E-state index in [-0.39, 0.29) is 22.2 Å². The minimum Gasteiger partial charge on any atom is -0.271 e. The molecule has 3 N–H and O–H groups in total. The zero-order valence-corrected chi connectivity index (χ0v) is 13.4. The van der Waals surface area contributed by atoms with Crippen molar-refractivity contribution < 1.29 is 16.8 Å². The molecule has 0 saturated carbocycles. The molecule has 0 spiro atoms. The first-order chi connectivity index (χ1) is 8.97. The summed E-state index contributed by atoms with van der Waals surface area (Å²) in [5.74, 6) is 0. The van der Waals surface area contributed by atoms with Crippen molar-refractivity contribution in [3.63, 3.8) is 0 Å². The highest BCUT2D eigenvalue weighted by Crippen LogP contribution is 2.23. The monoisotopic (exact) mass is 321 g/mol. The quantitative estimate of drug-likeness (QED) is 0.829. The summed E-state index contributed by atoms with van der Waals surface area (Å²) in [6.45, 7) is 4.95. The van der Waals surface area contributed by atoms with E-state index in [1.165, 1.54) is 32.2 Å². The van der Waals surface area contributed by atoms with Crippen LogP contribution in [0, 0.1) is 6.92 Å². The molecule has 0 bridgehead atoms. The van der Waals surface area contributed by atoms with Gasteiger partial charge in [-0.15, -0.1) is 0 Å². The summed E-state index contributed by atoms with van der Waals surface area (Å²) in [4.78, 5) is -0.107. The molecule has 7 nitrogen and oxygen atoms in total. The maximum absolute atomic E-state index is 12.1. The Balaban J connectivity index is 3.25. The molecule has 9 heteroatoms. The van der Waals surface area contributed by atoms with Crippen molar-refractivity contribution >= 4 is 25.9 Å². The van der Waals surface area contributed by atoms with Gasteiger partial charge in [0.2, 0.25) is 10.0 Å². The molecule has 0 aromatic heterocycles. The van der Waals surface area contributed by atoms with Crippen molar-refractivity contribution in [1.82, 2.24) is 4.31 Å². The molecular formula is C11H19N3O4S2. The maximum Gasteiger partial charge on any atom is 0.301 e. The molecule has 0 atom stereocenters. The second-order valence-electron chi connectivity index (χ2n) is 4.69. The first kappa shape index (κ1) is 16.9. The summed E-state index contributed by atoms with van der Waals surface area (Å²) in [5.41, 5.74) is 0.444. The van der Waals surface area contributed by atoms with Crippen LogP contribution in [0.25, 0.3) is 0 Å². The van der Waals surface area contributed by atoms with Gasteiger partial charge in [0.05, 0.1) is 10.6 Å². The summed E-state index contributed by atoms with van der Waals surface area (Å²) >= 11 is 0. The third-order valence-corrected chi connectivity index (χ3v) is 5.65. The molecule has 0 heterocycles. The first-order valence-corrected chi connectivity index (χ1v) is 8.83. The number of anilines is 1. The van der Waals surface area contributed by atoms with Crippen LogP contribution in [0.3, 0.4) is 0 Å². The predicted octanol–water partition coefficient (Wildman–Crippen LogP) is 0.639. The van der Waals surface area contributed by atoms with Crippen LogP contribution in [0.1, 0.15) is 19.4 Å². The van der Waals surface area contributed by atoms with Crippen LogP contribution in [-0.2, 0) is 20.2 Å². The zero-order chi connectivity index (χ0) is 15.7. The standard InChI is InChI=1S/C11H19N3O4S2/c1-8(2)14(4)20(17,18)13-10-6-5-7-11(9(10)3)19(12,15)16/h5-8,13H,1-4H3,(H2,12,15,16). The molecule has 0 radical (unpaired) electrons. The van der Waals surface area contributed by atoms with Gasteiger partial charge < -0.3 is 0 Å². The van der Waals surface area contributed by atoms with Crippen molar-refractivity contribution in [1.29, 1.82) is 0 Å². The molecule has 0 fully saturated rings. The molecule has 0 amide bonds. The van der Waals surface area contributed by atoms with Gasteiger partial charge in [-0.1, -0.05) is 6.07 Å². The van der Waals surface area contributed by atoms with Crippen LogP contribution in [0.5, 0.6) is 0 Å². The summed E-state index contributed by atoms with van der Waals surface area (Å²) in [6, 6.07) is 4.01. The molecule has 0 unspecified atom stereocenters. The predicted molar refractivity (Wildman–Crippen MR) is 78.0 cm³/mol. The van der Waals surface area contributed by atoms with Gasteiger partial charge in [-0.3, -0.25) is 4.72 Å². The SMILES string of the molecule is Cc1c(NS(=O)(=O)N(C)C(C)C)cccc1S(N)(=O)=O. The Morgan fingerprint density at radius 2 is 1.75 bits per heavy atom. The largest absolute Gasteiger partial charge is 0.301 e. The summed E-state index contributed by atoms with van der Waals surface area (Å²) < 4.78 is 50.5. The van der Waals surface area contributed by atoms with Crippen molar-refractivity contribution in [3.8, 4) is 0 Å². The molecule has 1 aromatic rings. The van der Waals surface area contributed by atoms with Gasteiger partial charge in [0.15, 0.2) is 0 Å². The summed E-state index contributed by atoms with van der Waals surface area (Å²) in [5, 5.41) is 5.08. The van der Waals surface area contributed by atoms with E-state index in [0.717, 1.165) is 4.31 Å². The van der Waals surface area contributed by atoms with E-state index in [9.17, 15) is 16.8 Å². The van der Waals surface area contributed by atoms with Crippen LogP contribution < -0.4 is 9.86 Å². The molecule has 1 aromatic carbocycles. The molecular weight excluding hydrogens is 302 g/mol. The number of nitrogens with two attached hydrogens (primary N) is 1. The molecule has 1 rings (SSSR count). The Labute approximate surface area is 120 Å². The van der Waals surface area contributed by atoms with Crippen LogP contribution >= 0.6 is 0 Å². The van der Waals surface area contributed by atoms with E-state index in [1.807, 2.05) is 0 Å². The lowest BCUT2D eigenvalue weighted by Crippen LogP contribution is -2.37. The fraction of sp³-hybridized carbons (Fsp3) is 0.455. The number of rotatable bonds is 5. The normalized spacial score (nSPS) is 12.9. The van der Waals surface area contributed by atoms with Crippen LogP contribution in [0.15, 0.2) is 23.1 Å². The zero-order valence-electron chi connectivity index (χ0n) is 11.8. The molecule has 114 valence electrons. The number of nitrogens with one attached hydrogen (secondary N) is 1. The van der Waals surface area contributed by atoms with Gasteiger partial charge in [0.1, 0.15) is 0 Å². The number of hydrogen-bond donors (Lipinski definition) is 2. The van der Waals surface area contributed by atoms with Gasteiger partial charge in [0, 0.05) is 13.1 Å². The van der Waals surface area contributed by atoms with E-state index < -0.39 is 20.2 Å². The van der Waals surface area contributed by atoms with E-state index in [4.69, 9.17) is 5.14 Å². The molecule has 0 aliphatic carbocycles. The molecule has 0 aliphatic heterocycles. The fourth-order valence-electron chi connectivity index (χ4n) is 1.52. The lowest BCUT2D eigenvalue weighted by Gasteiger charge is -2.22. The minimum absolute atomic E-state index is 0.107. The number of benzene rings is 1.